The molecule has 2 atom stereocenters. The van der Waals surface area contributed by atoms with E-state index in [0.717, 1.165) is 22.0 Å². The van der Waals surface area contributed by atoms with E-state index in [1.54, 1.807) is 18.3 Å². The molecule has 0 spiro atoms. The number of carboxylic acid groups (broad SMARTS) is 1. The van der Waals surface area contributed by atoms with Crippen LogP contribution in [0.15, 0.2) is 59.5 Å². The highest BCUT2D eigenvalue weighted by Gasteiger charge is 2.29. The SMILES string of the molecule is COc1cc2c(c(OC)c1OC)-c1ccc(NCC(=O)N[C@H](Cc3c[nH]c4ccccc34)C(=O)O)c(=O)cc1[C@H](NC(C)=O)CC2. The van der Waals surface area contributed by atoms with Crippen molar-refractivity contribution in [1.82, 2.24) is 15.6 Å². The van der Waals surface area contributed by atoms with Crippen molar-refractivity contribution >= 4 is 34.4 Å². The second kappa shape index (κ2) is 13.6. The number of rotatable bonds is 11. The molecule has 12 heteroatoms. The molecule has 12 nitrogen and oxygen atoms in total. The van der Waals surface area contributed by atoms with Gasteiger partial charge in [-0.2, -0.15) is 0 Å². The van der Waals surface area contributed by atoms with E-state index in [1.807, 2.05) is 30.3 Å². The highest BCUT2D eigenvalue weighted by Crippen LogP contribution is 2.50. The number of aromatic nitrogens is 1. The number of anilines is 1. The van der Waals surface area contributed by atoms with Crippen molar-refractivity contribution in [2.45, 2.75) is 38.3 Å². The van der Waals surface area contributed by atoms with Gasteiger partial charge in [-0.15, -0.1) is 0 Å². The molecule has 0 saturated carbocycles. The zero-order valence-electron chi connectivity index (χ0n) is 26.0. The van der Waals surface area contributed by atoms with Crippen molar-refractivity contribution in [3.63, 3.8) is 0 Å². The summed E-state index contributed by atoms with van der Waals surface area (Å²) in [5.41, 5.74) is 4.12. The number of carboxylic acids is 1. The Hall–Kier alpha value is -5.52. The molecule has 0 saturated heterocycles. The first kappa shape index (κ1) is 31.9. The molecule has 1 aliphatic carbocycles. The Morgan fingerprint density at radius 1 is 1.02 bits per heavy atom. The standard InChI is InChI=1S/C34H36N4O8/c1-18(39)37-25-11-9-19-14-29(44-2)32(45-3)33(46-4)31(19)22-10-12-26(28(40)15-23(22)25)36-17-30(41)38-27(34(42)43)13-20-16-35-24-8-6-5-7-21(20)24/h5-8,10,12,14-16,25,27,35H,9,11,13,17H2,1-4H3,(H,36,40)(H,37,39)(H,38,41)(H,42,43)/t25-,27-/m1/s1. The number of aryl methyl sites for hydroxylation is 1. The van der Waals surface area contributed by atoms with E-state index in [2.05, 4.69) is 20.9 Å². The molecule has 5 rings (SSSR count). The number of H-pyrrole nitrogens is 1. The van der Waals surface area contributed by atoms with Gasteiger partial charge in [-0.05, 0) is 59.4 Å². The van der Waals surface area contributed by atoms with Gasteiger partial charge < -0.3 is 40.3 Å². The van der Waals surface area contributed by atoms with Crippen molar-refractivity contribution in [2.75, 3.05) is 33.2 Å². The van der Waals surface area contributed by atoms with E-state index in [-0.39, 0.29) is 24.6 Å². The maximum Gasteiger partial charge on any atom is 0.326 e. The van der Waals surface area contributed by atoms with E-state index in [9.17, 15) is 24.3 Å². The van der Waals surface area contributed by atoms with Crippen LogP contribution < -0.4 is 35.6 Å². The Kier molecular flexibility index (Phi) is 9.45. The number of amides is 2. The number of para-hydroxylation sites is 1. The summed E-state index contributed by atoms with van der Waals surface area (Å²) in [6.07, 6.45) is 2.86. The van der Waals surface area contributed by atoms with Gasteiger partial charge in [0.15, 0.2) is 11.5 Å². The number of hydrogen-bond donors (Lipinski definition) is 5. The first-order valence-electron chi connectivity index (χ1n) is 14.7. The molecule has 3 aromatic carbocycles. The second-order valence-corrected chi connectivity index (χ2v) is 11.0. The van der Waals surface area contributed by atoms with E-state index in [4.69, 9.17) is 14.2 Å². The van der Waals surface area contributed by atoms with Crippen LogP contribution in [0, 0.1) is 0 Å². The molecule has 1 heterocycles. The average Bonchev–Trinajstić information content (AvgIpc) is 3.29. The molecular formula is C34H36N4O8. The number of aromatic amines is 1. The summed E-state index contributed by atoms with van der Waals surface area (Å²) < 4.78 is 17.0. The fourth-order valence-electron chi connectivity index (χ4n) is 6.00. The van der Waals surface area contributed by atoms with Crippen molar-refractivity contribution in [3.8, 4) is 28.4 Å². The number of carbonyl (C=O) groups is 3. The average molecular weight is 629 g/mol. The molecule has 0 bridgehead atoms. The highest BCUT2D eigenvalue weighted by molar-refractivity contribution is 5.88. The minimum Gasteiger partial charge on any atom is -0.493 e. The summed E-state index contributed by atoms with van der Waals surface area (Å²) in [6, 6.07) is 12.4. The molecule has 46 heavy (non-hydrogen) atoms. The van der Waals surface area contributed by atoms with Crippen molar-refractivity contribution in [1.29, 1.82) is 0 Å². The van der Waals surface area contributed by atoms with Crippen LogP contribution in [0.1, 0.15) is 36.1 Å². The summed E-state index contributed by atoms with van der Waals surface area (Å²) in [5.74, 6) is -0.735. The Morgan fingerprint density at radius 3 is 2.48 bits per heavy atom. The first-order chi connectivity index (χ1) is 22.1. The number of carbonyl (C=O) groups excluding carboxylic acids is 2. The lowest BCUT2D eigenvalue weighted by molar-refractivity contribution is -0.141. The zero-order chi connectivity index (χ0) is 33.0. The molecular weight excluding hydrogens is 592 g/mol. The van der Waals surface area contributed by atoms with Crippen LogP contribution in [0.25, 0.3) is 22.0 Å². The lowest BCUT2D eigenvalue weighted by atomic mass is 9.95. The lowest BCUT2D eigenvalue weighted by Crippen LogP contribution is -2.44. The third kappa shape index (κ3) is 6.46. The monoisotopic (exact) mass is 628 g/mol. The summed E-state index contributed by atoms with van der Waals surface area (Å²) >= 11 is 0. The van der Waals surface area contributed by atoms with Gasteiger partial charge in [-0.25, -0.2) is 4.79 Å². The normalized spacial score (nSPS) is 14.2. The fourth-order valence-corrected chi connectivity index (χ4v) is 6.00. The van der Waals surface area contributed by atoms with Crippen LogP contribution in [0.5, 0.6) is 17.2 Å². The topological polar surface area (TPSA) is 168 Å². The second-order valence-electron chi connectivity index (χ2n) is 11.0. The number of hydrogen-bond acceptors (Lipinski definition) is 8. The molecule has 0 fully saturated rings. The minimum absolute atomic E-state index is 0.0743. The summed E-state index contributed by atoms with van der Waals surface area (Å²) in [5, 5.41) is 19.1. The smallest absolute Gasteiger partial charge is 0.326 e. The van der Waals surface area contributed by atoms with Crippen molar-refractivity contribution < 1.29 is 33.7 Å². The van der Waals surface area contributed by atoms with Gasteiger partial charge in [0.25, 0.3) is 0 Å². The molecule has 0 unspecified atom stereocenters. The number of nitrogens with one attached hydrogen (secondary N) is 4. The third-order valence-corrected chi connectivity index (χ3v) is 8.09. The number of aliphatic carboxylic acids is 1. The fraction of sp³-hybridized carbons (Fsp3) is 0.294. The molecule has 1 aliphatic rings. The van der Waals surface area contributed by atoms with Gasteiger partial charge >= 0.3 is 5.97 Å². The van der Waals surface area contributed by atoms with E-state index in [1.165, 1.54) is 34.3 Å². The highest BCUT2D eigenvalue weighted by atomic mass is 16.5. The molecule has 1 aromatic heterocycles. The Morgan fingerprint density at radius 2 is 1.78 bits per heavy atom. The van der Waals surface area contributed by atoms with Crippen LogP contribution in [0.4, 0.5) is 5.69 Å². The first-order valence-corrected chi connectivity index (χ1v) is 14.7. The van der Waals surface area contributed by atoms with E-state index < -0.39 is 29.4 Å². The Bertz CT molecular complexity index is 1870. The molecule has 240 valence electrons. The van der Waals surface area contributed by atoms with E-state index >= 15 is 0 Å². The van der Waals surface area contributed by atoms with Gasteiger partial charge in [-0.1, -0.05) is 24.3 Å². The lowest BCUT2D eigenvalue weighted by Gasteiger charge is -2.19. The molecule has 0 radical (unpaired) electrons. The number of fused-ring (bicyclic) bond motifs is 4. The summed E-state index contributed by atoms with van der Waals surface area (Å²) in [6.45, 7) is 1.07. The van der Waals surface area contributed by atoms with Crippen LogP contribution in [-0.2, 0) is 27.2 Å². The largest absolute Gasteiger partial charge is 0.493 e. The van der Waals surface area contributed by atoms with Crippen molar-refractivity contribution in [3.05, 3.63) is 81.6 Å². The van der Waals surface area contributed by atoms with Crippen LogP contribution >= 0.6 is 0 Å². The van der Waals surface area contributed by atoms with Crippen LogP contribution in [-0.4, -0.2) is 61.8 Å². The Balaban J connectivity index is 1.45. The van der Waals surface area contributed by atoms with Gasteiger partial charge in [0, 0.05) is 36.0 Å². The van der Waals surface area contributed by atoms with Crippen molar-refractivity contribution in [2.24, 2.45) is 0 Å². The molecule has 0 aliphatic heterocycles. The maximum absolute atomic E-state index is 13.5. The Labute approximate surface area is 265 Å². The molecule has 4 aromatic rings. The van der Waals surface area contributed by atoms with Gasteiger partial charge in [-0.3, -0.25) is 14.4 Å². The quantitative estimate of drug-likeness (QED) is 0.167. The van der Waals surface area contributed by atoms with Crippen LogP contribution in [0.2, 0.25) is 0 Å². The maximum atomic E-state index is 13.5. The number of ether oxygens (including phenoxy) is 3. The molecule has 5 N–H and O–H groups in total. The predicted octanol–water partition coefficient (Wildman–Crippen LogP) is 3.57. The zero-order valence-corrected chi connectivity index (χ0v) is 26.0. The minimum atomic E-state index is -1.18. The van der Waals surface area contributed by atoms with Gasteiger partial charge in [0.1, 0.15) is 6.04 Å². The van der Waals surface area contributed by atoms with Gasteiger partial charge in [0.05, 0.1) is 39.6 Å². The third-order valence-electron chi connectivity index (χ3n) is 8.09. The van der Waals surface area contributed by atoms with Gasteiger partial charge in [0.2, 0.25) is 23.0 Å². The van der Waals surface area contributed by atoms with Crippen LogP contribution in [0.3, 0.4) is 0 Å². The molecule has 2 amide bonds. The number of benzene rings is 2. The summed E-state index contributed by atoms with van der Waals surface area (Å²) in [7, 11) is 4.56. The van der Waals surface area contributed by atoms with E-state index in [0.29, 0.717) is 46.8 Å². The number of methoxy groups -OCH3 is 3. The predicted molar refractivity (Wildman–Crippen MR) is 173 cm³/mol. The summed E-state index contributed by atoms with van der Waals surface area (Å²) in [4.78, 5) is 53.8.